The van der Waals surface area contributed by atoms with Crippen LogP contribution in [0, 0.1) is 0 Å². The van der Waals surface area contributed by atoms with Gasteiger partial charge in [0.1, 0.15) is 17.8 Å². The molecule has 1 heterocycles. The lowest BCUT2D eigenvalue weighted by atomic mass is 10.1. The first-order chi connectivity index (χ1) is 13.6. The van der Waals surface area contributed by atoms with E-state index in [1.54, 1.807) is 25.2 Å². The summed E-state index contributed by atoms with van der Waals surface area (Å²) in [6.07, 6.45) is 1.64. The van der Waals surface area contributed by atoms with Crippen LogP contribution in [0.3, 0.4) is 0 Å². The number of amides is 1. The van der Waals surface area contributed by atoms with Crippen molar-refractivity contribution in [3.8, 4) is 17.2 Å². The number of thioether (sulfide) groups is 1. The average Bonchev–Trinajstić information content (AvgIpc) is 3.21. The van der Waals surface area contributed by atoms with Crippen molar-refractivity contribution in [2.24, 2.45) is 0 Å². The highest BCUT2D eigenvalue weighted by Crippen LogP contribution is 2.29. The van der Waals surface area contributed by atoms with Crippen LogP contribution in [0.1, 0.15) is 18.5 Å². The summed E-state index contributed by atoms with van der Waals surface area (Å²) in [4.78, 5) is 16.6. The van der Waals surface area contributed by atoms with Gasteiger partial charge in [-0.1, -0.05) is 30.0 Å². The van der Waals surface area contributed by atoms with Gasteiger partial charge in [0.05, 0.1) is 31.7 Å². The van der Waals surface area contributed by atoms with Crippen molar-refractivity contribution in [2.45, 2.75) is 18.1 Å². The Kier molecular flexibility index (Phi) is 6.54. The second-order valence-corrected chi connectivity index (χ2v) is 6.94. The Morgan fingerprint density at radius 3 is 2.68 bits per heavy atom. The molecule has 0 unspecified atom stereocenters. The third-order valence-electron chi connectivity index (χ3n) is 4.10. The lowest BCUT2D eigenvalue weighted by Gasteiger charge is -2.18. The zero-order chi connectivity index (χ0) is 19.9. The quantitative estimate of drug-likeness (QED) is 0.587. The normalized spacial score (nSPS) is 11.7. The van der Waals surface area contributed by atoms with Gasteiger partial charge in [-0.05, 0) is 37.3 Å². The summed E-state index contributed by atoms with van der Waals surface area (Å²) >= 11 is 1.29. The van der Waals surface area contributed by atoms with Gasteiger partial charge in [0.25, 0.3) is 0 Å². The van der Waals surface area contributed by atoms with Crippen LogP contribution in [0.15, 0.2) is 60.0 Å². The smallest absolute Gasteiger partial charge is 0.230 e. The lowest BCUT2D eigenvalue weighted by Crippen LogP contribution is -2.28. The standard InChI is InChI=1S/C20H22N4O3S/c1-14(17-11-16(26-2)9-10-18(17)27-3)22-19(25)12-28-20-21-13-24(23-20)15-7-5-4-6-8-15/h4-11,13-14H,12H2,1-3H3,(H,22,25)/t14-/m0/s1. The number of hydrogen-bond donors (Lipinski definition) is 1. The zero-order valence-electron chi connectivity index (χ0n) is 16.0. The van der Waals surface area contributed by atoms with E-state index < -0.39 is 0 Å². The Balaban J connectivity index is 1.58. The number of methoxy groups -OCH3 is 2. The van der Waals surface area contributed by atoms with Crippen LogP contribution in [0.5, 0.6) is 11.5 Å². The van der Waals surface area contributed by atoms with E-state index in [9.17, 15) is 4.79 Å². The molecular weight excluding hydrogens is 376 g/mol. The van der Waals surface area contributed by atoms with Gasteiger partial charge in [-0.15, -0.1) is 5.10 Å². The molecule has 0 bridgehead atoms. The van der Waals surface area contributed by atoms with E-state index in [1.807, 2.05) is 55.5 Å². The molecule has 1 amide bonds. The number of aromatic nitrogens is 3. The molecule has 1 atom stereocenters. The number of hydrogen-bond acceptors (Lipinski definition) is 6. The lowest BCUT2D eigenvalue weighted by molar-refractivity contribution is -0.119. The minimum Gasteiger partial charge on any atom is -0.497 e. The Hall–Kier alpha value is -3.00. The van der Waals surface area contributed by atoms with Crippen molar-refractivity contribution in [3.63, 3.8) is 0 Å². The number of rotatable bonds is 8. The van der Waals surface area contributed by atoms with Crippen LogP contribution < -0.4 is 14.8 Å². The van der Waals surface area contributed by atoms with Crippen molar-refractivity contribution >= 4 is 17.7 Å². The summed E-state index contributed by atoms with van der Waals surface area (Å²) in [5.74, 6) is 1.51. The van der Waals surface area contributed by atoms with E-state index in [4.69, 9.17) is 9.47 Å². The number of ether oxygens (including phenoxy) is 2. The van der Waals surface area contributed by atoms with E-state index >= 15 is 0 Å². The molecule has 7 nitrogen and oxygen atoms in total. The summed E-state index contributed by atoms with van der Waals surface area (Å²) in [6, 6.07) is 15.0. The SMILES string of the molecule is COc1ccc(OC)c([C@H](C)NC(=O)CSc2ncn(-c3ccccc3)n2)c1. The van der Waals surface area contributed by atoms with E-state index in [0.717, 1.165) is 11.3 Å². The number of benzene rings is 2. The van der Waals surface area contributed by atoms with Crippen LogP contribution in [-0.2, 0) is 4.79 Å². The Morgan fingerprint density at radius 2 is 1.96 bits per heavy atom. The summed E-state index contributed by atoms with van der Waals surface area (Å²) in [6.45, 7) is 1.90. The minimum absolute atomic E-state index is 0.113. The van der Waals surface area contributed by atoms with Crippen molar-refractivity contribution < 1.29 is 14.3 Å². The maximum atomic E-state index is 12.4. The molecule has 8 heteroatoms. The summed E-state index contributed by atoms with van der Waals surface area (Å²) in [5.41, 5.74) is 1.77. The first kappa shape index (κ1) is 19.8. The van der Waals surface area contributed by atoms with Gasteiger partial charge < -0.3 is 14.8 Å². The van der Waals surface area contributed by atoms with Crippen molar-refractivity contribution in [3.05, 3.63) is 60.4 Å². The Morgan fingerprint density at radius 1 is 1.18 bits per heavy atom. The fourth-order valence-corrected chi connectivity index (χ4v) is 3.30. The highest BCUT2D eigenvalue weighted by Gasteiger charge is 2.16. The molecule has 28 heavy (non-hydrogen) atoms. The van der Waals surface area contributed by atoms with Crippen LogP contribution in [0.25, 0.3) is 5.69 Å². The van der Waals surface area contributed by atoms with Crippen LogP contribution in [-0.4, -0.2) is 40.6 Å². The van der Waals surface area contributed by atoms with Crippen LogP contribution in [0.4, 0.5) is 0 Å². The number of carbonyl (C=O) groups excluding carboxylic acids is 1. The molecule has 1 aromatic heterocycles. The molecular formula is C20H22N4O3S. The molecule has 0 radical (unpaired) electrons. The van der Waals surface area contributed by atoms with Crippen LogP contribution >= 0.6 is 11.8 Å². The first-order valence-corrected chi connectivity index (χ1v) is 9.70. The molecule has 3 aromatic rings. The second kappa shape index (κ2) is 9.27. The molecule has 1 N–H and O–H groups in total. The average molecular weight is 398 g/mol. The summed E-state index contributed by atoms with van der Waals surface area (Å²) < 4.78 is 12.3. The van der Waals surface area contributed by atoms with Crippen LogP contribution in [0.2, 0.25) is 0 Å². The number of para-hydroxylation sites is 1. The molecule has 0 spiro atoms. The van der Waals surface area contributed by atoms with E-state index in [-0.39, 0.29) is 17.7 Å². The Labute approximate surface area is 168 Å². The molecule has 146 valence electrons. The predicted octanol–water partition coefficient (Wildman–Crippen LogP) is 3.25. The molecule has 0 saturated carbocycles. The summed E-state index contributed by atoms with van der Waals surface area (Å²) in [7, 11) is 3.21. The van der Waals surface area contributed by atoms with Crippen molar-refractivity contribution in [1.29, 1.82) is 0 Å². The highest BCUT2D eigenvalue weighted by atomic mass is 32.2. The van der Waals surface area contributed by atoms with Gasteiger partial charge in [0.15, 0.2) is 0 Å². The maximum Gasteiger partial charge on any atom is 0.230 e. The molecule has 0 saturated heterocycles. The van der Waals surface area contributed by atoms with Gasteiger partial charge in [-0.3, -0.25) is 4.79 Å². The second-order valence-electron chi connectivity index (χ2n) is 5.99. The first-order valence-electron chi connectivity index (χ1n) is 8.72. The third kappa shape index (κ3) is 4.83. The fourth-order valence-electron chi connectivity index (χ4n) is 2.69. The molecule has 0 aliphatic rings. The van der Waals surface area contributed by atoms with Gasteiger partial charge >= 0.3 is 0 Å². The monoisotopic (exact) mass is 398 g/mol. The Bertz CT molecular complexity index is 930. The largest absolute Gasteiger partial charge is 0.497 e. The molecule has 0 fully saturated rings. The number of nitrogens with one attached hydrogen (secondary N) is 1. The molecule has 0 aliphatic heterocycles. The van der Waals surface area contributed by atoms with Gasteiger partial charge in [-0.25, -0.2) is 9.67 Å². The molecule has 3 rings (SSSR count). The maximum absolute atomic E-state index is 12.4. The third-order valence-corrected chi connectivity index (χ3v) is 4.96. The van der Waals surface area contributed by atoms with Crippen molar-refractivity contribution in [1.82, 2.24) is 20.1 Å². The highest BCUT2D eigenvalue weighted by molar-refractivity contribution is 7.99. The predicted molar refractivity (Wildman–Crippen MR) is 108 cm³/mol. The topological polar surface area (TPSA) is 78.3 Å². The van der Waals surface area contributed by atoms with Gasteiger partial charge in [0.2, 0.25) is 11.1 Å². The zero-order valence-corrected chi connectivity index (χ0v) is 16.8. The van der Waals surface area contributed by atoms with E-state index in [2.05, 4.69) is 15.4 Å². The van der Waals surface area contributed by atoms with E-state index in [1.165, 1.54) is 11.8 Å². The number of nitrogens with zero attached hydrogens (tertiary/aromatic N) is 3. The number of carbonyl (C=O) groups is 1. The fraction of sp³-hybridized carbons (Fsp3) is 0.250. The van der Waals surface area contributed by atoms with Crippen molar-refractivity contribution in [2.75, 3.05) is 20.0 Å². The molecule has 2 aromatic carbocycles. The molecule has 0 aliphatic carbocycles. The summed E-state index contributed by atoms with van der Waals surface area (Å²) in [5, 5.41) is 7.91. The minimum atomic E-state index is -0.229. The van der Waals surface area contributed by atoms with Gasteiger partial charge in [0, 0.05) is 5.56 Å². The van der Waals surface area contributed by atoms with Gasteiger partial charge in [-0.2, -0.15) is 0 Å². The van der Waals surface area contributed by atoms with E-state index in [0.29, 0.717) is 16.7 Å².